The van der Waals surface area contributed by atoms with Crippen LogP contribution in [-0.4, -0.2) is 17.6 Å². The number of anilines is 1. The quantitative estimate of drug-likeness (QED) is 0.691. The van der Waals surface area contributed by atoms with Gasteiger partial charge in [-0.05, 0) is 43.9 Å². The van der Waals surface area contributed by atoms with Gasteiger partial charge in [-0.15, -0.1) is 0 Å². The van der Waals surface area contributed by atoms with Crippen LogP contribution in [0.5, 0.6) is 0 Å². The molecule has 3 N–H and O–H groups in total. The summed E-state index contributed by atoms with van der Waals surface area (Å²) in [5, 5.41) is 3.49. The zero-order chi connectivity index (χ0) is 9.80. The van der Waals surface area contributed by atoms with Crippen LogP contribution in [0.3, 0.4) is 0 Å². The topological polar surface area (TPSA) is 50.9 Å². The van der Waals surface area contributed by atoms with E-state index >= 15 is 0 Å². The molecule has 0 saturated heterocycles. The van der Waals surface area contributed by atoms with Crippen LogP contribution >= 0.6 is 0 Å². The fourth-order valence-electron chi connectivity index (χ4n) is 1.52. The zero-order valence-electron chi connectivity index (χ0n) is 8.37. The third-order valence-electron chi connectivity index (χ3n) is 2.57. The first-order valence-corrected chi connectivity index (χ1v) is 5.28. The molecule has 76 valence electrons. The third-order valence-corrected chi connectivity index (χ3v) is 2.57. The van der Waals surface area contributed by atoms with Crippen LogP contribution in [0.1, 0.15) is 24.8 Å². The van der Waals surface area contributed by atoms with E-state index in [0.717, 1.165) is 31.1 Å². The Kier molecular flexibility index (Phi) is 2.99. The van der Waals surface area contributed by atoms with Gasteiger partial charge in [-0.1, -0.05) is 0 Å². The third kappa shape index (κ3) is 2.70. The molecule has 1 fully saturated rings. The first kappa shape index (κ1) is 9.46. The minimum atomic E-state index is 0.807. The van der Waals surface area contributed by atoms with Gasteiger partial charge < -0.3 is 11.1 Å². The van der Waals surface area contributed by atoms with Gasteiger partial charge in [0, 0.05) is 24.1 Å². The average Bonchev–Trinajstić information content (AvgIpc) is 2.99. The monoisotopic (exact) mass is 191 g/mol. The van der Waals surface area contributed by atoms with Crippen molar-refractivity contribution < 1.29 is 0 Å². The SMILES string of the molecule is Nc1ccncc1CCCNC1CC1. The summed E-state index contributed by atoms with van der Waals surface area (Å²) in [6.07, 6.45) is 8.49. The predicted octanol–water partition coefficient (Wildman–Crippen LogP) is 1.35. The molecule has 1 heterocycles. The normalized spacial score (nSPS) is 15.7. The van der Waals surface area contributed by atoms with E-state index in [-0.39, 0.29) is 0 Å². The maximum atomic E-state index is 5.81. The van der Waals surface area contributed by atoms with Crippen LogP contribution < -0.4 is 11.1 Å². The maximum Gasteiger partial charge on any atom is 0.0377 e. The number of hydrogen-bond donors (Lipinski definition) is 2. The second-order valence-electron chi connectivity index (χ2n) is 3.91. The molecule has 1 aromatic rings. The highest BCUT2D eigenvalue weighted by Gasteiger charge is 2.19. The largest absolute Gasteiger partial charge is 0.398 e. The smallest absolute Gasteiger partial charge is 0.0377 e. The van der Waals surface area contributed by atoms with Crippen molar-refractivity contribution in [3.8, 4) is 0 Å². The number of nitrogens with zero attached hydrogens (tertiary/aromatic N) is 1. The Labute approximate surface area is 84.7 Å². The van der Waals surface area contributed by atoms with Crippen molar-refractivity contribution in [1.29, 1.82) is 0 Å². The van der Waals surface area contributed by atoms with Crippen molar-refractivity contribution in [2.45, 2.75) is 31.7 Å². The summed E-state index contributed by atoms with van der Waals surface area (Å²) in [4.78, 5) is 4.07. The standard InChI is InChI=1S/C11H17N3/c12-11-5-7-13-8-9(11)2-1-6-14-10-3-4-10/h5,7-8,10,14H,1-4,6H2,(H2,12,13). The lowest BCUT2D eigenvalue weighted by molar-refractivity contribution is 0.645. The van der Waals surface area contributed by atoms with E-state index in [2.05, 4.69) is 10.3 Å². The molecule has 3 heteroatoms. The van der Waals surface area contributed by atoms with Crippen LogP contribution in [0, 0.1) is 0 Å². The van der Waals surface area contributed by atoms with Gasteiger partial charge in [0.1, 0.15) is 0 Å². The van der Waals surface area contributed by atoms with Gasteiger partial charge in [-0.3, -0.25) is 4.98 Å². The Hall–Kier alpha value is -1.09. The molecule has 0 aromatic carbocycles. The molecule has 0 aliphatic heterocycles. The van der Waals surface area contributed by atoms with E-state index < -0.39 is 0 Å². The minimum Gasteiger partial charge on any atom is -0.398 e. The number of rotatable bonds is 5. The van der Waals surface area contributed by atoms with E-state index in [9.17, 15) is 0 Å². The fraction of sp³-hybridized carbons (Fsp3) is 0.545. The second kappa shape index (κ2) is 4.42. The summed E-state index contributed by atoms with van der Waals surface area (Å²) < 4.78 is 0. The highest BCUT2D eigenvalue weighted by molar-refractivity contribution is 5.44. The number of nitrogens with two attached hydrogens (primary N) is 1. The summed E-state index contributed by atoms with van der Waals surface area (Å²) in [5.41, 5.74) is 7.85. The molecule has 3 nitrogen and oxygen atoms in total. The maximum absolute atomic E-state index is 5.81. The lowest BCUT2D eigenvalue weighted by Crippen LogP contribution is -2.18. The van der Waals surface area contributed by atoms with Gasteiger partial charge >= 0.3 is 0 Å². The Morgan fingerprint density at radius 2 is 2.36 bits per heavy atom. The molecule has 0 amide bonds. The Morgan fingerprint density at radius 1 is 1.50 bits per heavy atom. The van der Waals surface area contributed by atoms with E-state index in [1.54, 1.807) is 6.20 Å². The number of aromatic nitrogens is 1. The van der Waals surface area contributed by atoms with Gasteiger partial charge in [-0.25, -0.2) is 0 Å². The number of aryl methyl sites for hydroxylation is 1. The van der Waals surface area contributed by atoms with E-state index in [0.29, 0.717) is 0 Å². The number of nitrogens with one attached hydrogen (secondary N) is 1. The Bertz CT molecular complexity index is 294. The van der Waals surface area contributed by atoms with Crippen molar-refractivity contribution >= 4 is 5.69 Å². The number of nitrogen functional groups attached to an aromatic ring is 1. The molecule has 0 radical (unpaired) electrons. The predicted molar refractivity (Wildman–Crippen MR) is 58.0 cm³/mol. The number of pyridine rings is 1. The molecule has 0 spiro atoms. The lowest BCUT2D eigenvalue weighted by Gasteiger charge is -2.05. The van der Waals surface area contributed by atoms with Crippen LogP contribution in [0.4, 0.5) is 5.69 Å². The van der Waals surface area contributed by atoms with E-state index in [1.807, 2.05) is 12.3 Å². The first-order valence-electron chi connectivity index (χ1n) is 5.28. The molecule has 2 rings (SSSR count). The summed E-state index contributed by atoms with van der Waals surface area (Å²) in [6.45, 7) is 1.10. The van der Waals surface area contributed by atoms with Crippen LogP contribution in [0.15, 0.2) is 18.5 Å². The Balaban J connectivity index is 1.71. The molecular formula is C11H17N3. The average molecular weight is 191 g/mol. The van der Waals surface area contributed by atoms with Gasteiger partial charge in [0.05, 0.1) is 0 Å². The van der Waals surface area contributed by atoms with Crippen molar-refractivity contribution in [2.24, 2.45) is 0 Å². The molecule has 1 aliphatic carbocycles. The minimum absolute atomic E-state index is 0.807. The summed E-state index contributed by atoms with van der Waals surface area (Å²) >= 11 is 0. The van der Waals surface area contributed by atoms with Gasteiger partial charge in [0.15, 0.2) is 0 Å². The molecule has 1 saturated carbocycles. The van der Waals surface area contributed by atoms with Crippen molar-refractivity contribution in [2.75, 3.05) is 12.3 Å². The first-order chi connectivity index (χ1) is 6.86. The highest BCUT2D eigenvalue weighted by atomic mass is 14.9. The summed E-state index contributed by atoms with van der Waals surface area (Å²) in [7, 11) is 0. The van der Waals surface area contributed by atoms with E-state index in [1.165, 1.54) is 18.4 Å². The van der Waals surface area contributed by atoms with Gasteiger partial charge in [-0.2, -0.15) is 0 Å². The molecule has 1 aliphatic rings. The highest BCUT2D eigenvalue weighted by Crippen LogP contribution is 2.18. The number of hydrogen-bond acceptors (Lipinski definition) is 3. The van der Waals surface area contributed by atoms with Crippen LogP contribution in [0.25, 0.3) is 0 Å². The molecule has 0 atom stereocenters. The summed E-state index contributed by atoms with van der Waals surface area (Å²) in [6, 6.07) is 2.67. The van der Waals surface area contributed by atoms with Crippen LogP contribution in [-0.2, 0) is 6.42 Å². The lowest BCUT2D eigenvalue weighted by atomic mass is 10.1. The van der Waals surface area contributed by atoms with E-state index in [4.69, 9.17) is 5.73 Å². The molecule has 1 aromatic heterocycles. The molecular weight excluding hydrogens is 174 g/mol. The molecule has 0 unspecified atom stereocenters. The second-order valence-corrected chi connectivity index (χ2v) is 3.91. The molecule has 0 bridgehead atoms. The van der Waals surface area contributed by atoms with Gasteiger partial charge in [0.2, 0.25) is 0 Å². The van der Waals surface area contributed by atoms with Crippen molar-refractivity contribution in [3.63, 3.8) is 0 Å². The zero-order valence-corrected chi connectivity index (χ0v) is 8.37. The fourth-order valence-corrected chi connectivity index (χ4v) is 1.52. The van der Waals surface area contributed by atoms with Gasteiger partial charge in [0.25, 0.3) is 0 Å². The summed E-state index contributed by atoms with van der Waals surface area (Å²) in [5.74, 6) is 0. The van der Waals surface area contributed by atoms with Crippen LogP contribution in [0.2, 0.25) is 0 Å². The van der Waals surface area contributed by atoms with Crippen molar-refractivity contribution in [3.05, 3.63) is 24.0 Å². The van der Waals surface area contributed by atoms with Crippen molar-refractivity contribution in [1.82, 2.24) is 10.3 Å². The Morgan fingerprint density at radius 3 is 3.07 bits per heavy atom. The molecule has 14 heavy (non-hydrogen) atoms.